The van der Waals surface area contributed by atoms with Crippen LogP contribution in [-0.4, -0.2) is 21.5 Å². The van der Waals surface area contributed by atoms with Crippen LogP contribution in [-0.2, 0) is 0 Å². The Balaban J connectivity index is 1.95. The van der Waals surface area contributed by atoms with E-state index in [-0.39, 0.29) is 5.69 Å². The summed E-state index contributed by atoms with van der Waals surface area (Å²) in [6.07, 6.45) is 3.63. The molecule has 3 rings (SSSR count). The van der Waals surface area contributed by atoms with Gasteiger partial charge < -0.3 is 9.88 Å². The van der Waals surface area contributed by atoms with Gasteiger partial charge in [0.15, 0.2) is 0 Å². The molecule has 6 heteroatoms. The second-order valence-corrected chi connectivity index (χ2v) is 4.74. The topological polar surface area (TPSA) is 73.0 Å². The number of rotatable bonds is 4. The van der Waals surface area contributed by atoms with E-state index in [1.54, 1.807) is 18.5 Å². The van der Waals surface area contributed by atoms with Gasteiger partial charge >= 0.3 is 0 Å². The van der Waals surface area contributed by atoms with Crippen molar-refractivity contribution in [1.29, 1.82) is 0 Å². The molecular weight excluding hydrogens is 280 g/mol. The minimum absolute atomic E-state index is 0.0729. The van der Waals surface area contributed by atoms with E-state index < -0.39 is 4.92 Å². The molecule has 0 aliphatic rings. The number of nitrogens with zero attached hydrogens (tertiary/aromatic N) is 3. The maximum absolute atomic E-state index is 10.7. The number of nitro groups is 1. The van der Waals surface area contributed by atoms with Crippen molar-refractivity contribution in [2.45, 2.75) is 0 Å². The first-order chi connectivity index (χ1) is 10.7. The van der Waals surface area contributed by atoms with Gasteiger partial charge in [-0.25, -0.2) is 4.98 Å². The highest BCUT2D eigenvalue weighted by atomic mass is 16.6. The Morgan fingerprint density at radius 3 is 2.55 bits per heavy atom. The normalized spacial score (nSPS) is 10.4. The molecule has 0 atom stereocenters. The van der Waals surface area contributed by atoms with Gasteiger partial charge in [-0.05, 0) is 24.3 Å². The first-order valence-corrected chi connectivity index (χ1v) is 6.75. The van der Waals surface area contributed by atoms with Crippen molar-refractivity contribution in [3.8, 4) is 16.9 Å². The summed E-state index contributed by atoms with van der Waals surface area (Å²) in [5, 5.41) is 13.8. The molecule has 0 amide bonds. The molecule has 0 saturated carbocycles. The summed E-state index contributed by atoms with van der Waals surface area (Å²) in [4.78, 5) is 14.7. The number of imidazole rings is 1. The van der Waals surface area contributed by atoms with Gasteiger partial charge in [0.1, 0.15) is 0 Å². The molecule has 6 nitrogen and oxygen atoms in total. The minimum atomic E-state index is -0.411. The number of hydrogen-bond acceptors (Lipinski definition) is 4. The lowest BCUT2D eigenvalue weighted by molar-refractivity contribution is -0.384. The summed E-state index contributed by atoms with van der Waals surface area (Å²) in [6, 6.07) is 14.3. The van der Waals surface area contributed by atoms with Crippen molar-refractivity contribution >= 4 is 11.4 Å². The van der Waals surface area contributed by atoms with Crippen molar-refractivity contribution in [2.24, 2.45) is 0 Å². The van der Waals surface area contributed by atoms with Crippen molar-refractivity contribution < 1.29 is 4.92 Å². The summed E-state index contributed by atoms with van der Waals surface area (Å²) < 4.78 is 1.92. The Labute approximate surface area is 127 Å². The minimum Gasteiger partial charge on any atom is -0.386 e. The van der Waals surface area contributed by atoms with E-state index in [0.717, 1.165) is 22.6 Å². The number of benzene rings is 2. The van der Waals surface area contributed by atoms with E-state index in [4.69, 9.17) is 0 Å². The zero-order valence-corrected chi connectivity index (χ0v) is 11.9. The van der Waals surface area contributed by atoms with Gasteiger partial charge in [-0.2, -0.15) is 0 Å². The van der Waals surface area contributed by atoms with Crippen LogP contribution >= 0.6 is 0 Å². The largest absolute Gasteiger partial charge is 0.386 e. The number of nitro benzene ring substituents is 1. The van der Waals surface area contributed by atoms with E-state index in [1.807, 2.05) is 42.1 Å². The molecule has 22 heavy (non-hydrogen) atoms. The Kier molecular flexibility index (Phi) is 3.57. The van der Waals surface area contributed by atoms with E-state index >= 15 is 0 Å². The highest BCUT2D eigenvalue weighted by molar-refractivity contribution is 5.64. The molecule has 3 aromatic rings. The van der Waals surface area contributed by atoms with E-state index in [2.05, 4.69) is 10.3 Å². The number of hydrogen-bond donors (Lipinski definition) is 1. The van der Waals surface area contributed by atoms with Gasteiger partial charge in [0.25, 0.3) is 5.69 Å². The second kappa shape index (κ2) is 5.69. The molecule has 0 bridgehead atoms. The third kappa shape index (κ3) is 2.54. The van der Waals surface area contributed by atoms with Gasteiger partial charge in [-0.1, -0.05) is 12.1 Å². The van der Waals surface area contributed by atoms with Crippen LogP contribution in [0.15, 0.2) is 61.1 Å². The molecule has 1 aromatic heterocycles. The Morgan fingerprint density at radius 1 is 1.14 bits per heavy atom. The third-order valence-electron chi connectivity index (χ3n) is 3.41. The van der Waals surface area contributed by atoms with Crippen LogP contribution in [0.3, 0.4) is 0 Å². The zero-order valence-electron chi connectivity index (χ0n) is 11.9. The summed E-state index contributed by atoms with van der Waals surface area (Å²) in [5.41, 5.74) is 3.66. The van der Waals surface area contributed by atoms with Crippen LogP contribution < -0.4 is 5.32 Å². The van der Waals surface area contributed by atoms with Crippen LogP contribution in [0.25, 0.3) is 16.9 Å². The first-order valence-electron chi connectivity index (χ1n) is 6.75. The van der Waals surface area contributed by atoms with E-state index in [0.29, 0.717) is 0 Å². The van der Waals surface area contributed by atoms with Crippen LogP contribution in [0.5, 0.6) is 0 Å². The Hall–Kier alpha value is -3.15. The molecule has 1 heterocycles. The van der Waals surface area contributed by atoms with Gasteiger partial charge in [0.2, 0.25) is 0 Å². The lowest BCUT2D eigenvalue weighted by Gasteiger charge is -2.08. The third-order valence-corrected chi connectivity index (χ3v) is 3.41. The quantitative estimate of drug-likeness (QED) is 0.590. The van der Waals surface area contributed by atoms with E-state index in [1.165, 1.54) is 12.1 Å². The summed E-state index contributed by atoms with van der Waals surface area (Å²) in [5.74, 6) is 0. The molecular formula is C16H14N4O2. The fourth-order valence-electron chi connectivity index (χ4n) is 2.27. The molecule has 0 saturated heterocycles. The average Bonchev–Trinajstić information content (AvgIpc) is 3.04. The standard InChI is InChI=1S/C16H14N4O2/c1-17-14-4-2-3-5-16(14)19-10-15(18-11-19)12-6-8-13(9-7-12)20(21)22/h2-11,17H,1H3. The Bertz CT molecular complexity index is 809. The van der Waals surface area contributed by atoms with Gasteiger partial charge in [0, 0.05) is 30.9 Å². The van der Waals surface area contributed by atoms with Crippen LogP contribution in [0.2, 0.25) is 0 Å². The fourth-order valence-corrected chi connectivity index (χ4v) is 2.27. The number of non-ortho nitro benzene ring substituents is 1. The van der Waals surface area contributed by atoms with Gasteiger partial charge in [-0.15, -0.1) is 0 Å². The number of para-hydroxylation sites is 2. The molecule has 0 aliphatic carbocycles. The lowest BCUT2D eigenvalue weighted by atomic mass is 10.1. The molecule has 2 aromatic carbocycles. The van der Waals surface area contributed by atoms with E-state index in [9.17, 15) is 10.1 Å². The van der Waals surface area contributed by atoms with Crippen molar-refractivity contribution in [3.05, 3.63) is 71.2 Å². The van der Waals surface area contributed by atoms with Crippen molar-refractivity contribution in [2.75, 3.05) is 12.4 Å². The van der Waals surface area contributed by atoms with Crippen molar-refractivity contribution in [1.82, 2.24) is 9.55 Å². The molecule has 0 radical (unpaired) electrons. The average molecular weight is 294 g/mol. The number of nitrogens with one attached hydrogen (secondary N) is 1. The smallest absolute Gasteiger partial charge is 0.269 e. The zero-order chi connectivity index (χ0) is 15.5. The summed E-state index contributed by atoms with van der Waals surface area (Å²) in [7, 11) is 1.87. The molecule has 0 spiro atoms. The highest BCUT2D eigenvalue weighted by Crippen LogP contribution is 2.24. The fraction of sp³-hybridized carbons (Fsp3) is 0.0625. The van der Waals surface area contributed by atoms with Crippen molar-refractivity contribution in [3.63, 3.8) is 0 Å². The Morgan fingerprint density at radius 2 is 1.86 bits per heavy atom. The SMILES string of the molecule is CNc1ccccc1-n1cnc(-c2ccc([N+](=O)[O-])cc2)c1. The molecule has 0 fully saturated rings. The first kappa shape index (κ1) is 13.8. The summed E-state index contributed by atoms with van der Waals surface area (Å²) >= 11 is 0. The second-order valence-electron chi connectivity index (χ2n) is 4.74. The highest BCUT2D eigenvalue weighted by Gasteiger charge is 2.09. The lowest BCUT2D eigenvalue weighted by Crippen LogP contribution is -1.97. The maximum atomic E-state index is 10.7. The summed E-state index contributed by atoms with van der Waals surface area (Å²) in [6.45, 7) is 0. The van der Waals surface area contributed by atoms with Crippen LogP contribution in [0.4, 0.5) is 11.4 Å². The van der Waals surface area contributed by atoms with Crippen LogP contribution in [0.1, 0.15) is 0 Å². The molecule has 0 unspecified atom stereocenters. The molecule has 0 aliphatic heterocycles. The predicted octanol–water partition coefficient (Wildman–Crippen LogP) is 3.49. The maximum Gasteiger partial charge on any atom is 0.269 e. The van der Waals surface area contributed by atoms with Gasteiger partial charge in [0.05, 0.1) is 28.3 Å². The number of anilines is 1. The number of aromatic nitrogens is 2. The predicted molar refractivity (Wildman–Crippen MR) is 85.2 cm³/mol. The van der Waals surface area contributed by atoms with Gasteiger partial charge in [-0.3, -0.25) is 10.1 Å². The molecule has 110 valence electrons. The molecule has 1 N–H and O–H groups in total. The monoisotopic (exact) mass is 294 g/mol. The van der Waals surface area contributed by atoms with Crippen LogP contribution in [0, 0.1) is 10.1 Å².